The van der Waals surface area contributed by atoms with Gasteiger partial charge < -0.3 is 14.3 Å². The van der Waals surface area contributed by atoms with Gasteiger partial charge in [-0.05, 0) is 46.2 Å². The molecule has 0 saturated heterocycles. The van der Waals surface area contributed by atoms with E-state index in [-0.39, 0.29) is 10.7 Å². The molecule has 1 aromatic heterocycles. The van der Waals surface area contributed by atoms with Crippen LogP contribution in [0.4, 0.5) is 4.79 Å². The van der Waals surface area contributed by atoms with Crippen LogP contribution in [0, 0.1) is 0 Å². The van der Waals surface area contributed by atoms with Crippen LogP contribution >= 0.6 is 15.9 Å². The number of halogens is 1. The highest BCUT2D eigenvalue weighted by atomic mass is 79.9. The van der Waals surface area contributed by atoms with Crippen molar-refractivity contribution >= 4 is 47.2 Å². The van der Waals surface area contributed by atoms with Crippen molar-refractivity contribution in [2.45, 2.75) is 38.9 Å². The van der Waals surface area contributed by atoms with Crippen LogP contribution in [0.3, 0.4) is 0 Å². The predicted molar refractivity (Wildman–Crippen MR) is 102 cm³/mol. The Balaban J connectivity index is 2.66. The van der Waals surface area contributed by atoms with Gasteiger partial charge in [0.15, 0.2) is 5.69 Å². The second-order valence-electron chi connectivity index (χ2n) is 7.31. The summed E-state index contributed by atoms with van der Waals surface area (Å²) in [5.74, 6) is -0.139. The van der Waals surface area contributed by atoms with E-state index in [0.29, 0.717) is 21.1 Å². The van der Waals surface area contributed by atoms with Gasteiger partial charge in [0.2, 0.25) is 8.32 Å². The summed E-state index contributed by atoms with van der Waals surface area (Å²) in [6, 6.07) is 5.19. The van der Waals surface area contributed by atoms with Crippen LogP contribution in [-0.4, -0.2) is 37.2 Å². The Morgan fingerprint density at radius 1 is 1.24 bits per heavy atom. The van der Waals surface area contributed by atoms with Gasteiger partial charge in [0.05, 0.1) is 17.1 Å². The number of carbonyl (C=O) groups is 2. The van der Waals surface area contributed by atoms with Gasteiger partial charge in [0.1, 0.15) is 5.75 Å². The Bertz CT molecular complexity index is 851. The van der Waals surface area contributed by atoms with E-state index in [1.165, 1.54) is 7.11 Å². The van der Waals surface area contributed by atoms with Crippen molar-refractivity contribution in [3.63, 3.8) is 0 Å². The molecule has 0 aliphatic rings. The molecule has 1 N–H and O–H groups in total. The lowest BCUT2D eigenvalue weighted by Gasteiger charge is -2.36. The number of methoxy groups -OCH3 is 1. The zero-order chi connectivity index (χ0) is 19.2. The zero-order valence-corrected chi connectivity index (χ0v) is 17.7. The second-order valence-corrected chi connectivity index (χ2v) is 12.8. The molecule has 2 aromatic rings. The molecule has 136 valence electrons. The number of rotatable bonds is 3. The molecule has 0 amide bonds. The summed E-state index contributed by atoms with van der Waals surface area (Å²) in [5, 5.41) is 10.2. The molecule has 0 spiro atoms. The van der Waals surface area contributed by atoms with Crippen LogP contribution in [-0.2, 0) is 4.74 Å². The predicted octanol–water partition coefficient (Wildman–Crippen LogP) is 5.10. The molecule has 8 heteroatoms. The normalized spacial score (nSPS) is 12.3. The number of nitrogens with zero attached hydrogens (tertiary/aromatic N) is 1. The van der Waals surface area contributed by atoms with Crippen molar-refractivity contribution in [3.8, 4) is 5.75 Å². The summed E-state index contributed by atoms with van der Waals surface area (Å²) in [7, 11) is -0.860. The summed E-state index contributed by atoms with van der Waals surface area (Å²) < 4.78 is 12.3. The molecule has 1 heterocycles. The SMILES string of the molecule is COC(=O)c1c(Br)c2ccc(O[Si](C)(C)C(C)(C)C)cc2n1C(=O)O. The molecule has 6 nitrogen and oxygen atoms in total. The maximum absolute atomic E-state index is 12.0. The Labute approximate surface area is 156 Å². The van der Waals surface area contributed by atoms with E-state index in [2.05, 4.69) is 49.8 Å². The molecule has 0 atom stereocenters. The van der Waals surface area contributed by atoms with Gasteiger partial charge >= 0.3 is 12.1 Å². The van der Waals surface area contributed by atoms with Crippen molar-refractivity contribution in [1.29, 1.82) is 0 Å². The topological polar surface area (TPSA) is 77.8 Å². The Morgan fingerprint density at radius 3 is 2.32 bits per heavy atom. The summed E-state index contributed by atoms with van der Waals surface area (Å²) in [4.78, 5) is 23.7. The molecule has 0 fully saturated rings. The Kier molecular flexibility index (Phi) is 5.07. The smallest absolute Gasteiger partial charge is 0.416 e. The van der Waals surface area contributed by atoms with E-state index in [4.69, 9.17) is 9.16 Å². The Morgan fingerprint density at radius 2 is 1.84 bits per heavy atom. The van der Waals surface area contributed by atoms with Crippen LogP contribution in [0.25, 0.3) is 10.9 Å². The first-order valence-corrected chi connectivity index (χ1v) is 11.5. The molecule has 0 aliphatic carbocycles. The van der Waals surface area contributed by atoms with Crippen molar-refractivity contribution in [3.05, 3.63) is 28.4 Å². The standard InChI is InChI=1S/C17H22BrNO5Si/c1-17(2,3)25(5,6)24-10-7-8-11-12(9-10)19(16(21)22)14(13(11)18)15(20)23-4/h7-9H,1-6H3,(H,21,22). The molecule has 0 unspecified atom stereocenters. The lowest BCUT2D eigenvalue weighted by atomic mass is 10.2. The van der Waals surface area contributed by atoms with Crippen molar-refractivity contribution in [1.82, 2.24) is 4.57 Å². The van der Waals surface area contributed by atoms with E-state index >= 15 is 0 Å². The van der Waals surface area contributed by atoms with Crippen LogP contribution in [0.1, 0.15) is 31.3 Å². The van der Waals surface area contributed by atoms with Crippen LogP contribution in [0.2, 0.25) is 18.1 Å². The Hall–Kier alpha value is -1.80. The minimum Gasteiger partial charge on any atom is -0.543 e. The lowest BCUT2D eigenvalue weighted by Crippen LogP contribution is -2.43. The highest BCUT2D eigenvalue weighted by molar-refractivity contribution is 9.10. The van der Waals surface area contributed by atoms with E-state index in [1.54, 1.807) is 18.2 Å². The molecule has 1 aromatic carbocycles. The summed E-state index contributed by atoms with van der Waals surface area (Å²) in [6.07, 6.45) is -1.26. The highest BCUT2D eigenvalue weighted by Crippen LogP contribution is 2.39. The number of carbonyl (C=O) groups excluding carboxylic acids is 1. The van der Waals surface area contributed by atoms with Crippen molar-refractivity contribution in [2.24, 2.45) is 0 Å². The van der Waals surface area contributed by atoms with Gasteiger partial charge in [-0.15, -0.1) is 0 Å². The first-order chi connectivity index (χ1) is 11.4. The first kappa shape index (κ1) is 19.5. The quantitative estimate of drug-likeness (QED) is 0.544. The van der Waals surface area contributed by atoms with E-state index < -0.39 is 20.4 Å². The summed E-state index contributed by atoms with van der Waals surface area (Å²) >= 11 is 3.31. The minimum absolute atomic E-state index is 0.00844. The van der Waals surface area contributed by atoms with Gasteiger partial charge in [-0.1, -0.05) is 20.8 Å². The van der Waals surface area contributed by atoms with Gasteiger partial charge in [0.25, 0.3) is 0 Å². The summed E-state index contributed by atoms with van der Waals surface area (Å²) in [5.41, 5.74) is 0.311. The first-order valence-electron chi connectivity index (χ1n) is 7.75. The molecule has 0 aliphatic heterocycles. The molecule has 0 bridgehead atoms. The van der Waals surface area contributed by atoms with E-state index in [9.17, 15) is 14.7 Å². The van der Waals surface area contributed by atoms with E-state index in [0.717, 1.165) is 4.57 Å². The number of hydrogen-bond acceptors (Lipinski definition) is 4. The minimum atomic E-state index is -2.07. The fourth-order valence-corrected chi connectivity index (χ4v) is 3.91. The average molecular weight is 428 g/mol. The molecule has 0 saturated carbocycles. The molecule has 2 rings (SSSR count). The van der Waals surface area contributed by atoms with Crippen LogP contribution < -0.4 is 4.43 Å². The second kappa shape index (κ2) is 6.49. The van der Waals surface area contributed by atoms with E-state index in [1.807, 2.05) is 0 Å². The zero-order valence-electron chi connectivity index (χ0n) is 15.1. The van der Waals surface area contributed by atoms with Crippen LogP contribution in [0.5, 0.6) is 5.75 Å². The molecular formula is C17H22BrNO5Si. The van der Waals surface area contributed by atoms with Crippen LogP contribution in [0.15, 0.2) is 22.7 Å². The third kappa shape index (κ3) is 3.45. The molecule has 0 radical (unpaired) electrons. The molecular weight excluding hydrogens is 406 g/mol. The van der Waals surface area contributed by atoms with Crippen molar-refractivity contribution in [2.75, 3.05) is 7.11 Å². The van der Waals surface area contributed by atoms with Gasteiger partial charge in [-0.3, -0.25) is 0 Å². The number of esters is 1. The van der Waals surface area contributed by atoms with Gasteiger partial charge in [0, 0.05) is 11.5 Å². The number of ether oxygens (including phenoxy) is 1. The van der Waals surface area contributed by atoms with Gasteiger partial charge in [-0.25, -0.2) is 14.2 Å². The largest absolute Gasteiger partial charge is 0.543 e. The molecule has 25 heavy (non-hydrogen) atoms. The lowest BCUT2D eigenvalue weighted by molar-refractivity contribution is 0.0587. The fourth-order valence-electron chi connectivity index (χ4n) is 2.22. The number of carboxylic acid groups (broad SMARTS) is 1. The number of aromatic nitrogens is 1. The third-order valence-corrected chi connectivity index (χ3v) is 9.79. The number of hydrogen-bond donors (Lipinski definition) is 1. The summed E-state index contributed by atoms with van der Waals surface area (Å²) in [6.45, 7) is 10.6. The average Bonchev–Trinajstić information content (AvgIpc) is 2.77. The highest BCUT2D eigenvalue weighted by Gasteiger charge is 2.39. The van der Waals surface area contributed by atoms with Crippen molar-refractivity contribution < 1.29 is 23.9 Å². The van der Waals surface area contributed by atoms with Gasteiger partial charge in [-0.2, -0.15) is 0 Å². The maximum Gasteiger partial charge on any atom is 0.416 e. The monoisotopic (exact) mass is 427 g/mol. The fraction of sp³-hybridized carbons (Fsp3) is 0.412. The number of fused-ring (bicyclic) bond motifs is 1. The number of benzene rings is 1. The maximum atomic E-state index is 12.0. The third-order valence-electron chi connectivity index (χ3n) is 4.63.